The Morgan fingerprint density at radius 2 is 1.85 bits per heavy atom. The fraction of sp³-hybridized carbons (Fsp3) is 0.346. The molecule has 0 bridgehead atoms. The summed E-state index contributed by atoms with van der Waals surface area (Å²) >= 11 is 0. The molecule has 1 amide bonds. The number of nitrogens with one attached hydrogen (secondary N) is 1. The number of hydrogen-bond acceptors (Lipinski definition) is 6. The first-order valence-electron chi connectivity index (χ1n) is 11.2. The second kappa shape index (κ2) is 10.4. The highest BCUT2D eigenvalue weighted by Crippen LogP contribution is 2.29. The summed E-state index contributed by atoms with van der Waals surface area (Å²) in [6.45, 7) is 2.67. The molecule has 7 heteroatoms. The Labute approximate surface area is 195 Å². The number of rotatable bonds is 9. The predicted octanol–water partition coefficient (Wildman–Crippen LogP) is 3.68. The van der Waals surface area contributed by atoms with Gasteiger partial charge in [0.2, 0.25) is 5.91 Å². The number of anilines is 1. The van der Waals surface area contributed by atoms with Gasteiger partial charge in [-0.1, -0.05) is 42.5 Å². The van der Waals surface area contributed by atoms with Crippen LogP contribution in [0, 0.1) is 0 Å². The van der Waals surface area contributed by atoms with Crippen LogP contribution in [0.4, 0.5) is 5.82 Å². The number of hydrogen-bond donors (Lipinski definition) is 1. The van der Waals surface area contributed by atoms with Gasteiger partial charge in [0.15, 0.2) is 0 Å². The van der Waals surface area contributed by atoms with Crippen molar-refractivity contribution in [3.8, 4) is 5.75 Å². The van der Waals surface area contributed by atoms with Gasteiger partial charge < -0.3 is 15.0 Å². The SMILES string of the molecule is CNc1cc(C2CC(=O)N(Cc3ccccc3)C2)nc(CN(C)Cc2cccc(OC)c2)n1. The number of carbonyl (C=O) groups excluding carboxylic acids is 1. The molecule has 1 fully saturated rings. The Morgan fingerprint density at radius 3 is 2.61 bits per heavy atom. The molecule has 1 saturated heterocycles. The van der Waals surface area contributed by atoms with E-state index in [1.807, 2.05) is 54.4 Å². The quantitative estimate of drug-likeness (QED) is 0.542. The molecule has 0 radical (unpaired) electrons. The van der Waals surface area contributed by atoms with Crippen LogP contribution in [0.3, 0.4) is 0 Å². The summed E-state index contributed by atoms with van der Waals surface area (Å²) in [5.41, 5.74) is 3.23. The van der Waals surface area contributed by atoms with Crippen molar-refractivity contribution >= 4 is 11.7 Å². The summed E-state index contributed by atoms with van der Waals surface area (Å²) in [4.78, 5) is 26.3. The standard InChI is InChI=1S/C26H31N5O2/c1-27-24-14-23(21-13-26(32)31(17-21)16-19-8-5-4-6-9-19)28-25(29-24)18-30(2)15-20-10-7-11-22(12-20)33-3/h4-12,14,21H,13,15-18H2,1-3H3,(H,27,28,29). The second-order valence-corrected chi connectivity index (χ2v) is 8.53. The second-order valence-electron chi connectivity index (χ2n) is 8.53. The van der Waals surface area contributed by atoms with Crippen molar-refractivity contribution < 1.29 is 9.53 Å². The largest absolute Gasteiger partial charge is 0.497 e. The fourth-order valence-corrected chi connectivity index (χ4v) is 4.23. The lowest BCUT2D eigenvalue weighted by Gasteiger charge is -2.19. The fourth-order valence-electron chi connectivity index (χ4n) is 4.23. The van der Waals surface area contributed by atoms with E-state index in [-0.39, 0.29) is 11.8 Å². The number of likely N-dealkylation sites (tertiary alicyclic amines) is 1. The van der Waals surface area contributed by atoms with Gasteiger partial charge in [0.1, 0.15) is 17.4 Å². The smallest absolute Gasteiger partial charge is 0.223 e. The van der Waals surface area contributed by atoms with E-state index < -0.39 is 0 Å². The molecule has 1 aliphatic rings. The third-order valence-corrected chi connectivity index (χ3v) is 5.90. The molecule has 0 aliphatic carbocycles. The molecule has 1 aliphatic heterocycles. The summed E-state index contributed by atoms with van der Waals surface area (Å²) in [5.74, 6) is 2.61. The van der Waals surface area contributed by atoms with Gasteiger partial charge in [-0.25, -0.2) is 9.97 Å². The highest BCUT2D eigenvalue weighted by molar-refractivity contribution is 5.79. The number of amides is 1. The van der Waals surface area contributed by atoms with Crippen molar-refractivity contribution in [2.45, 2.75) is 32.0 Å². The first kappa shape index (κ1) is 22.7. The number of methoxy groups -OCH3 is 1. The number of ether oxygens (including phenoxy) is 1. The van der Waals surface area contributed by atoms with Crippen LogP contribution in [0.5, 0.6) is 5.75 Å². The third-order valence-electron chi connectivity index (χ3n) is 5.90. The lowest BCUT2D eigenvalue weighted by molar-refractivity contribution is -0.128. The summed E-state index contributed by atoms with van der Waals surface area (Å²) in [5, 5.41) is 3.15. The highest BCUT2D eigenvalue weighted by Gasteiger charge is 2.32. The highest BCUT2D eigenvalue weighted by atomic mass is 16.5. The van der Waals surface area contributed by atoms with E-state index in [0.717, 1.165) is 35.2 Å². The lowest BCUT2D eigenvalue weighted by Crippen LogP contribution is -2.24. The van der Waals surface area contributed by atoms with Gasteiger partial charge >= 0.3 is 0 Å². The average Bonchev–Trinajstić information content (AvgIpc) is 3.19. The minimum absolute atomic E-state index is 0.0683. The van der Waals surface area contributed by atoms with E-state index in [2.05, 4.69) is 40.4 Å². The van der Waals surface area contributed by atoms with Crippen LogP contribution in [-0.4, -0.2) is 53.4 Å². The zero-order chi connectivity index (χ0) is 23.2. The first-order valence-corrected chi connectivity index (χ1v) is 11.2. The molecule has 1 atom stereocenters. The van der Waals surface area contributed by atoms with Gasteiger partial charge in [0, 0.05) is 45.1 Å². The average molecular weight is 446 g/mol. The Balaban J connectivity index is 1.45. The molecule has 4 rings (SSSR count). The summed E-state index contributed by atoms with van der Waals surface area (Å²) < 4.78 is 5.33. The maximum Gasteiger partial charge on any atom is 0.223 e. The zero-order valence-electron chi connectivity index (χ0n) is 19.5. The van der Waals surface area contributed by atoms with Gasteiger partial charge in [-0.15, -0.1) is 0 Å². The van der Waals surface area contributed by atoms with Gasteiger partial charge in [0.25, 0.3) is 0 Å². The summed E-state index contributed by atoms with van der Waals surface area (Å²) in [6, 6.07) is 20.1. The van der Waals surface area contributed by atoms with Gasteiger partial charge in [-0.3, -0.25) is 9.69 Å². The molecule has 1 aromatic heterocycles. The lowest BCUT2D eigenvalue weighted by atomic mass is 10.0. The Bertz CT molecular complexity index is 1090. The molecule has 0 spiro atoms. The molecule has 2 aromatic carbocycles. The topological polar surface area (TPSA) is 70.6 Å². The number of aromatic nitrogens is 2. The molecule has 1 unspecified atom stereocenters. The molecule has 1 N–H and O–H groups in total. The Kier molecular flexibility index (Phi) is 7.19. The molecule has 0 saturated carbocycles. The first-order chi connectivity index (χ1) is 16.0. The molecule has 7 nitrogen and oxygen atoms in total. The minimum Gasteiger partial charge on any atom is -0.497 e. The number of nitrogens with zero attached hydrogens (tertiary/aromatic N) is 4. The van der Waals surface area contributed by atoms with Crippen LogP contribution in [0.25, 0.3) is 0 Å². The maximum atomic E-state index is 12.7. The van der Waals surface area contributed by atoms with Crippen LogP contribution in [0.2, 0.25) is 0 Å². The van der Waals surface area contributed by atoms with Gasteiger partial charge in [0.05, 0.1) is 19.3 Å². The summed E-state index contributed by atoms with van der Waals surface area (Å²) in [7, 11) is 5.59. The third kappa shape index (κ3) is 5.87. The van der Waals surface area contributed by atoms with Gasteiger partial charge in [-0.05, 0) is 30.3 Å². The van der Waals surface area contributed by atoms with E-state index in [4.69, 9.17) is 9.72 Å². The normalized spacial score (nSPS) is 15.8. The van der Waals surface area contributed by atoms with E-state index in [1.165, 1.54) is 5.56 Å². The van der Waals surface area contributed by atoms with Crippen molar-refractivity contribution in [3.63, 3.8) is 0 Å². The van der Waals surface area contributed by atoms with Crippen LogP contribution < -0.4 is 10.1 Å². The predicted molar refractivity (Wildman–Crippen MR) is 129 cm³/mol. The number of carbonyl (C=O) groups is 1. The van der Waals surface area contributed by atoms with Crippen LogP contribution >= 0.6 is 0 Å². The van der Waals surface area contributed by atoms with Gasteiger partial charge in [-0.2, -0.15) is 0 Å². The Morgan fingerprint density at radius 1 is 1.06 bits per heavy atom. The molecular weight excluding hydrogens is 414 g/mol. The zero-order valence-corrected chi connectivity index (χ0v) is 19.5. The van der Waals surface area contributed by atoms with Crippen LogP contribution in [0.1, 0.15) is 35.0 Å². The van der Waals surface area contributed by atoms with E-state index in [0.29, 0.717) is 26.1 Å². The van der Waals surface area contributed by atoms with Crippen molar-refractivity contribution in [2.24, 2.45) is 0 Å². The monoisotopic (exact) mass is 445 g/mol. The van der Waals surface area contributed by atoms with Crippen LogP contribution in [-0.2, 0) is 24.4 Å². The van der Waals surface area contributed by atoms with E-state index in [9.17, 15) is 4.79 Å². The molecule has 2 heterocycles. The van der Waals surface area contributed by atoms with Crippen molar-refractivity contribution in [1.82, 2.24) is 19.8 Å². The molecule has 33 heavy (non-hydrogen) atoms. The van der Waals surface area contributed by atoms with Crippen molar-refractivity contribution in [1.29, 1.82) is 0 Å². The van der Waals surface area contributed by atoms with Crippen molar-refractivity contribution in [3.05, 3.63) is 83.3 Å². The van der Waals surface area contributed by atoms with E-state index in [1.54, 1.807) is 7.11 Å². The van der Waals surface area contributed by atoms with Crippen molar-refractivity contribution in [2.75, 3.05) is 33.1 Å². The molecule has 172 valence electrons. The molecular formula is C26H31N5O2. The maximum absolute atomic E-state index is 12.7. The summed E-state index contributed by atoms with van der Waals surface area (Å²) in [6.07, 6.45) is 0.478. The minimum atomic E-state index is 0.0683. The molecule has 3 aromatic rings. The van der Waals surface area contributed by atoms with Crippen LogP contribution in [0.15, 0.2) is 60.7 Å². The Hall–Kier alpha value is -3.45. The van der Waals surface area contributed by atoms with E-state index >= 15 is 0 Å². The number of benzene rings is 2.